The molecule has 0 saturated carbocycles. The maximum atomic E-state index is 12.5. The van der Waals surface area contributed by atoms with Crippen LogP contribution >= 0.6 is 11.3 Å². The van der Waals surface area contributed by atoms with E-state index in [-0.39, 0.29) is 5.91 Å². The fraction of sp³-hybridized carbons (Fsp3) is 0.579. The monoisotopic (exact) mass is 459 g/mol. The third-order valence-electron chi connectivity index (χ3n) is 5.70. The zero-order chi connectivity index (χ0) is 22.6. The van der Waals surface area contributed by atoms with Crippen molar-refractivity contribution in [3.63, 3.8) is 0 Å². The van der Waals surface area contributed by atoms with Gasteiger partial charge in [-0.1, -0.05) is 0 Å². The Morgan fingerprint density at radius 3 is 2.39 bits per heavy atom. The highest BCUT2D eigenvalue weighted by atomic mass is 32.1. The van der Waals surface area contributed by atoms with Crippen LogP contribution in [0.3, 0.4) is 0 Å². The first-order valence-corrected chi connectivity index (χ1v) is 10.7. The van der Waals surface area contributed by atoms with E-state index in [1.165, 1.54) is 29.7 Å². The molecule has 170 valence electrons. The van der Waals surface area contributed by atoms with Gasteiger partial charge in [-0.25, -0.2) is 9.78 Å². The summed E-state index contributed by atoms with van der Waals surface area (Å²) in [7, 11) is 1.96. The van der Waals surface area contributed by atoms with Crippen molar-refractivity contribution in [3.05, 3.63) is 34.5 Å². The number of carbonyl (C=O) groups is 2. The maximum absolute atomic E-state index is 12.5. The highest BCUT2D eigenvalue weighted by molar-refractivity contribution is 7.07. The molecular formula is C19H24F3N5O3S. The first-order valence-electron chi connectivity index (χ1n) is 9.75. The molecule has 0 unspecified atom stereocenters. The molecule has 4 rings (SSSR count). The summed E-state index contributed by atoms with van der Waals surface area (Å²) in [6.07, 6.45) is 2.44. The van der Waals surface area contributed by atoms with Crippen LogP contribution in [0.25, 0.3) is 0 Å². The minimum atomic E-state index is -5.08. The average Bonchev–Trinajstić information content (AvgIpc) is 3.45. The number of halogens is 3. The minimum Gasteiger partial charge on any atom is -0.475 e. The van der Waals surface area contributed by atoms with E-state index in [9.17, 15) is 18.0 Å². The smallest absolute Gasteiger partial charge is 0.475 e. The van der Waals surface area contributed by atoms with Crippen molar-refractivity contribution in [3.8, 4) is 0 Å². The zero-order valence-electron chi connectivity index (χ0n) is 17.0. The Morgan fingerprint density at radius 1 is 1.23 bits per heavy atom. The van der Waals surface area contributed by atoms with Gasteiger partial charge in [-0.15, -0.1) is 11.3 Å². The Kier molecular flexibility index (Phi) is 6.99. The fourth-order valence-electron chi connectivity index (χ4n) is 3.99. The van der Waals surface area contributed by atoms with Crippen LogP contribution in [0.1, 0.15) is 35.3 Å². The third kappa shape index (κ3) is 6.03. The molecule has 2 aliphatic heterocycles. The second-order valence-corrected chi connectivity index (χ2v) is 8.67. The van der Waals surface area contributed by atoms with Gasteiger partial charge in [0.25, 0.3) is 5.91 Å². The Morgan fingerprint density at radius 2 is 1.87 bits per heavy atom. The molecule has 2 aliphatic rings. The van der Waals surface area contributed by atoms with E-state index in [4.69, 9.17) is 9.90 Å². The van der Waals surface area contributed by atoms with Crippen molar-refractivity contribution in [2.24, 2.45) is 12.5 Å². The van der Waals surface area contributed by atoms with Gasteiger partial charge in [0.05, 0.1) is 11.7 Å². The number of likely N-dealkylation sites (tertiary alicyclic amines) is 2. The number of aliphatic carboxylic acids is 1. The van der Waals surface area contributed by atoms with E-state index in [0.29, 0.717) is 11.1 Å². The van der Waals surface area contributed by atoms with Gasteiger partial charge in [-0.05, 0) is 37.8 Å². The number of carboxylic acid groups (broad SMARTS) is 1. The summed E-state index contributed by atoms with van der Waals surface area (Å²) in [6, 6.07) is 0. The molecule has 0 radical (unpaired) electrons. The molecule has 0 aromatic carbocycles. The molecule has 2 aromatic heterocycles. The van der Waals surface area contributed by atoms with Gasteiger partial charge in [0.2, 0.25) is 0 Å². The topological polar surface area (TPSA) is 91.6 Å². The largest absolute Gasteiger partial charge is 0.490 e. The van der Waals surface area contributed by atoms with Crippen molar-refractivity contribution < 1.29 is 27.9 Å². The summed E-state index contributed by atoms with van der Waals surface area (Å²) in [4.78, 5) is 30.1. The normalized spacial score (nSPS) is 18.6. The van der Waals surface area contributed by atoms with E-state index < -0.39 is 12.1 Å². The van der Waals surface area contributed by atoms with Gasteiger partial charge in [0.15, 0.2) is 0 Å². The van der Waals surface area contributed by atoms with Gasteiger partial charge < -0.3 is 10.0 Å². The number of thiazole rings is 1. The van der Waals surface area contributed by atoms with Crippen LogP contribution in [0, 0.1) is 5.41 Å². The fourth-order valence-corrected chi connectivity index (χ4v) is 4.52. The van der Waals surface area contributed by atoms with Crippen molar-refractivity contribution in [2.45, 2.75) is 32.0 Å². The number of carbonyl (C=O) groups excluding carboxylic acids is 1. The van der Waals surface area contributed by atoms with Crippen molar-refractivity contribution in [1.29, 1.82) is 0 Å². The molecule has 1 amide bonds. The second kappa shape index (κ2) is 9.35. The minimum absolute atomic E-state index is 0.103. The molecule has 2 aromatic rings. The second-order valence-electron chi connectivity index (χ2n) is 7.95. The number of piperidine rings is 1. The molecule has 0 aliphatic carbocycles. The maximum Gasteiger partial charge on any atom is 0.490 e. The van der Waals surface area contributed by atoms with Crippen molar-refractivity contribution in [1.82, 2.24) is 24.6 Å². The molecule has 1 spiro atoms. The quantitative estimate of drug-likeness (QED) is 0.759. The summed E-state index contributed by atoms with van der Waals surface area (Å²) in [5.41, 5.74) is 3.93. The highest BCUT2D eigenvalue weighted by Gasteiger charge is 2.42. The Hall–Kier alpha value is -2.47. The average molecular weight is 459 g/mol. The van der Waals surface area contributed by atoms with Crippen LogP contribution in [-0.2, 0) is 18.4 Å². The van der Waals surface area contributed by atoms with Gasteiger partial charge in [0, 0.05) is 43.8 Å². The summed E-state index contributed by atoms with van der Waals surface area (Å²) in [6.45, 7) is 4.95. The molecular weight excluding hydrogens is 435 g/mol. The van der Waals surface area contributed by atoms with Crippen LogP contribution < -0.4 is 0 Å². The van der Waals surface area contributed by atoms with Crippen LogP contribution in [0.15, 0.2) is 23.3 Å². The molecule has 0 atom stereocenters. The number of aryl methyl sites for hydroxylation is 1. The van der Waals surface area contributed by atoms with Crippen LogP contribution in [0.4, 0.5) is 13.2 Å². The number of amides is 1. The molecule has 8 nitrogen and oxygen atoms in total. The SMILES string of the molecule is Cn1cc(CN2CCC3(CC2)CCN(C(=O)c2cscn2)C3)cn1.O=C(O)C(F)(F)F. The number of hydrogen-bond donors (Lipinski definition) is 1. The number of aromatic nitrogens is 3. The zero-order valence-corrected chi connectivity index (χ0v) is 17.8. The number of carboxylic acids is 1. The summed E-state index contributed by atoms with van der Waals surface area (Å²) >= 11 is 1.48. The molecule has 2 fully saturated rings. The number of nitrogens with zero attached hydrogens (tertiary/aromatic N) is 5. The molecule has 0 bridgehead atoms. The van der Waals surface area contributed by atoms with E-state index in [1.807, 2.05) is 28.2 Å². The van der Waals surface area contributed by atoms with Gasteiger partial charge in [-0.3, -0.25) is 14.4 Å². The molecule has 12 heteroatoms. The molecule has 2 saturated heterocycles. The van der Waals surface area contributed by atoms with E-state index in [0.717, 1.165) is 39.1 Å². The Bertz CT molecular complexity index is 892. The van der Waals surface area contributed by atoms with Gasteiger partial charge in [0.1, 0.15) is 5.69 Å². The number of rotatable bonds is 3. The first kappa shape index (κ1) is 23.2. The number of alkyl halides is 3. The van der Waals surface area contributed by atoms with Gasteiger partial charge >= 0.3 is 12.1 Å². The van der Waals surface area contributed by atoms with Crippen molar-refractivity contribution >= 4 is 23.2 Å². The van der Waals surface area contributed by atoms with Crippen LogP contribution in [0.5, 0.6) is 0 Å². The third-order valence-corrected chi connectivity index (χ3v) is 6.29. The summed E-state index contributed by atoms with van der Waals surface area (Å²) in [5, 5.41) is 13.2. The van der Waals surface area contributed by atoms with Crippen molar-refractivity contribution in [2.75, 3.05) is 26.2 Å². The lowest BCUT2D eigenvalue weighted by molar-refractivity contribution is -0.192. The van der Waals surface area contributed by atoms with Crippen LogP contribution in [-0.4, -0.2) is 73.9 Å². The lowest BCUT2D eigenvalue weighted by atomic mass is 9.77. The lowest BCUT2D eigenvalue weighted by Crippen LogP contribution is -2.41. The van der Waals surface area contributed by atoms with Crippen LogP contribution in [0.2, 0.25) is 0 Å². The summed E-state index contributed by atoms with van der Waals surface area (Å²) < 4.78 is 33.6. The van der Waals surface area contributed by atoms with Gasteiger partial charge in [-0.2, -0.15) is 18.3 Å². The lowest BCUT2D eigenvalue weighted by Gasteiger charge is -2.39. The highest BCUT2D eigenvalue weighted by Crippen LogP contribution is 2.41. The summed E-state index contributed by atoms with van der Waals surface area (Å²) in [5.74, 6) is -2.65. The van der Waals surface area contributed by atoms with E-state index in [2.05, 4.69) is 21.2 Å². The van der Waals surface area contributed by atoms with E-state index in [1.54, 1.807) is 5.51 Å². The first-order chi connectivity index (χ1) is 14.6. The van der Waals surface area contributed by atoms with E-state index >= 15 is 0 Å². The Labute approximate surface area is 181 Å². The predicted octanol–water partition coefficient (Wildman–Crippen LogP) is 2.64. The predicted molar refractivity (Wildman–Crippen MR) is 106 cm³/mol. The molecule has 1 N–H and O–H groups in total. The molecule has 4 heterocycles. The Balaban J connectivity index is 0.000000339. The molecule has 31 heavy (non-hydrogen) atoms. The standard InChI is InChI=1S/C17H23N5OS.C2HF3O2/c1-20-9-14(8-19-20)10-21-5-2-17(3-6-21)4-7-22(12-17)16(23)15-11-24-13-18-15;3-2(4,5)1(6)7/h8-9,11,13H,2-7,10,12H2,1H3;(H,6,7). The number of hydrogen-bond acceptors (Lipinski definition) is 6.